The first-order chi connectivity index (χ1) is 17.3. The van der Waals surface area contributed by atoms with Crippen LogP contribution in [0.1, 0.15) is 19.8 Å². The second-order valence-corrected chi connectivity index (χ2v) is 11.1. The van der Waals surface area contributed by atoms with E-state index in [4.69, 9.17) is 9.47 Å². The summed E-state index contributed by atoms with van der Waals surface area (Å²) in [5, 5.41) is 8.70. The van der Waals surface area contributed by atoms with Crippen LogP contribution in [0, 0.1) is 5.92 Å². The number of anilines is 2. The largest absolute Gasteiger partial charge is 0.495 e. The average molecular weight is 531 g/mol. The van der Waals surface area contributed by atoms with Gasteiger partial charge in [-0.2, -0.15) is 4.31 Å². The molecule has 9 nitrogen and oxygen atoms in total. The number of nitrogens with zero attached hydrogens (tertiary/aromatic N) is 2. The number of sulfonamides is 1. The lowest BCUT2D eigenvalue weighted by Gasteiger charge is -2.31. The quantitative estimate of drug-likeness (QED) is 0.424. The van der Waals surface area contributed by atoms with E-state index in [0.717, 1.165) is 16.4 Å². The first-order valence-corrected chi connectivity index (χ1v) is 14.0. The van der Waals surface area contributed by atoms with Crippen LogP contribution in [0.4, 0.5) is 10.8 Å². The topological polar surface area (TPSA) is 110 Å². The Morgan fingerprint density at radius 1 is 1.22 bits per heavy atom. The van der Waals surface area contributed by atoms with Gasteiger partial charge in [-0.25, -0.2) is 13.4 Å². The number of carbonyl (C=O) groups excluding carboxylic acids is 1. The summed E-state index contributed by atoms with van der Waals surface area (Å²) in [4.78, 5) is 17.9. The molecule has 2 N–H and O–H groups in total. The zero-order valence-electron chi connectivity index (χ0n) is 20.5. The van der Waals surface area contributed by atoms with Crippen LogP contribution < -0.4 is 20.1 Å². The van der Waals surface area contributed by atoms with E-state index in [0.29, 0.717) is 43.2 Å². The zero-order chi connectivity index (χ0) is 25.7. The molecule has 11 heteroatoms. The fourth-order valence-corrected chi connectivity index (χ4v) is 6.32. The van der Waals surface area contributed by atoms with Gasteiger partial charge in [0.25, 0.3) is 0 Å². The van der Waals surface area contributed by atoms with Crippen molar-refractivity contribution in [3.8, 4) is 22.8 Å². The van der Waals surface area contributed by atoms with Crippen LogP contribution in [0.2, 0.25) is 0 Å². The number of methoxy groups -OCH3 is 1. The molecule has 1 fully saturated rings. The van der Waals surface area contributed by atoms with Crippen LogP contribution in [0.5, 0.6) is 11.5 Å². The molecule has 1 aliphatic heterocycles. The van der Waals surface area contributed by atoms with Gasteiger partial charge in [-0.1, -0.05) is 0 Å². The fourth-order valence-electron chi connectivity index (χ4n) is 4.12. The van der Waals surface area contributed by atoms with Crippen molar-refractivity contribution < 1.29 is 22.7 Å². The summed E-state index contributed by atoms with van der Waals surface area (Å²) >= 11 is 1.49. The maximum absolute atomic E-state index is 13.2. The van der Waals surface area contributed by atoms with Crippen LogP contribution in [-0.2, 0) is 14.8 Å². The summed E-state index contributed by atoms with van der Waals surface area (Å²) in [5.41, 5.74) is 2.14. The van der Waals surface area contributed by atoms with Gasteiger partial charge in [0.05, 0.1) is 35.9 Å². The van der Waals surface area contributed by atoms with Crippen LogP contribution in [0.3, 0.4) is 0 Å². The van der Waals surface area contributed by atoms with Gasteiger partial charge >= 0.3 is 0 Å². The van der Waals surface area contributed by atoms with Crippen molar-refractivity contribution in [2.75, 3.05) is 44.5 Å². The first-order valence-electron chi connectivity index (χ1n) is 11.7. The molecular weight excluding hydrogens is 500 g/mol. The Morgan fingerprint density at radius 3 is 2.67 bits per heavy atom. The molecule has 0 radical (unpaired) electrons. The molecule has 0 unspecified atom stereocenters. The number of benzene rings is 2. The number of amides is 1. The molecule has 1 atom stereocenters. The monoisotopic (exact) mass is 530 g/mol. The van der Waals surface area contributed by atoms with E-state index in [1.807, 2.05) is 31.5 Å². The van der Waals surface area contributed by atoms with Gasteiger partial charge in [0.15, 0.2) is 5.13 Å². The van der Waals surface area contributed by atoms with Crippen molar-refractivity contribution in [2.24, 2.45) is 5.92 Å². The Bertz CT molecular complexity index is 1310. The number of rotatable bonds is 9. The maximum Gasteiger partial charge on any atom is 0.243 e. The number of hydrogen-bond acceptors (Lipinski definition) is 8. The molecule has 0 saturated carbocycles. The predicted molar refractivity (Wildman–Crippen MR) is 141 cm³/mol. The minimum Gasteiger partial charge on any atom is -0.495 e. The lowest BCUT2D eigenvalue weighted by atomic mass is 9.98. The van der Waals surface area contributed by atoms with Gasteiger partial charge in [-0.15, -0.1) is 11.3 Å². The molecule has 1 saturated heterocycles. The molecule has 1 amide bonds. The van der Waals surface area contributed by atoms with Gasteiger partial charge in [0, 0.05) is 31.1 Å². The lowest BCUT2D eigenvalue weighted by Crippen LogP contribution is -2.43. The number of thiazole rings is 1. The van der Waals surface area contributed by atoms with Crippen molar-refractivity contribution in [3.63, 3.8) is 0 Å². The van der Waals surface area contributed by atoms with Crippen molar-refractivity contribution in [1.82, 2.24) is 9.29 Å². The Kier molecular flexibility index (Phi) is 8.12. The molecule has 4 rings (SSSR count). The molecule has 36 heavy (non-hydrogen) atoms. The highest BCUT2D eigenvalue weighted by molar-refractivity contribution is 7.89. The van der Waals surface area contributed by atoms with Gasteiger partial charge < -0.3 is 20.1 Å². The number of piperidine rings is 1. The molecule has 0 aliphatic carbocycles. The second kappa shape index (κ2) is 11.3. The highest BCUT2D eigenvalue weighted by atomic mass is 32.2. The third-order valence-electron chi connectivity index (χ3n) is 6.00. The SMILES string of the molecule is CCOc1ccc(S(=O)(=O)N2CCC[C@@H](C(=O)Nc3cc(-c4csc(NC)n4)ccc3OC)C2)cc1. The van der Waals surface area contributed by atoms with Crippen LogP contribution in [0.25, 0.3) is 11.3 Å². The molecule has 2 heterocycles. The minimum absolute atomic E-state index is 0.112. The molecule has 192 valence electrons. The summed E-state index contributed by atoms with van der Waals surface area (Å²) in [7, 11) is -0.377. The van der Waals surface area contributed by atoms with E-state index in [1.165, 1.54) is 15.6 Å². The minimum atomic E-state index is -3.73. The van der Waals surface area contributed by atoms with E-state index in [-0.39, 0.29) is 17.3 Å². The summed E-state index contributed by atoms with van der Waals surface area (Å²) in [6.07, 6.45) is 1.19. The Hall–Kier alpha value is -3.15. The smallest absolute Gasteiger partial charge is 0.243 e. The van der Waals surface area contributed by atoms with Crippen molar-refractivity contribution in [2.45, 2.75) is 24.7 Å². The van der Waals surface area contributed by atoms with E-state index >= 15 is 0 Å². The number of nitrogens with one attached hydrogen (secondary N) is 2. The molecule has 0 spiro atoms. The lowest BCUT2D eigenvalue weighted by molar-refractivity contribution is -0.120. The van der Waals surface area contributed by atoms with Gasteiger partial charge in [-0.05, 0) is 62.2 Å². The van der Waals surface area contributed by atoms with Gasteiger partial charge in [-0.3, -0.25) is 4.79 Å². The van der Waals surface area contributed by atoms with Gasteiger partial charge in [0.1, 0.15) is 11.5 Å². The summed E-state index contributed by atoms with van der Waals surface area (Å²) in [6.45, 7) is 2.86. The van der Waals surface area contributed by atoms with Crippen molar-refractivity contribution >= 4 is 38.1 Å². The third-order valence-corrected chi connectivity index (χ3v) is 8.74. The third kappa shape index (κ3) is 5.63. The Morgan fingerprint density at radius 2 is 2.00 bits per heavy atom. The van der Waals surface area contributed by atoms with E-state index in [2.05, 4.69) is 15.6 Å². The number of ether oxygens (including phenoxy) is 2. The Labute approximate surface area is 215 Å². The molecule has 3 aromatic rings. The molecule has 1 aliphatic rings. The van der Waals surface area contributed by atoms with Gasteiger partial charge in [0.2, 0.25) is 15.9 Å². The molecule has 0 bridgehead atoms. The molecule has 2 aromatic carbocycles. The van der Waals surface area contributed by atoms with Crippen LogP contribution >= 0.6 is 11.3 Å². The van der Waals surface area contributed by atoms with E-state index < -0.39 is 15.9 Å². The average Bonchev–Trinajstić information content (AvgIpc) is 3.39. The molecular formula is C25H30N4O5S2. The number of hydrogen-bond donors (Lipinski definition) is 2. The van der Waals surface area contributed by atoms with Crippen LogP contribution in [-0.4, -0.2) is 57.5 Å². The van der Waals surface area contributed by atoms with E-state index in [1.54, 1.807) is 37.4 Å². The zero-order valence-corrected chi connectivity index (χ0v) is 22.1. The number of aromatic nitrogens is 1. The highest BCUT2D eigenvalue weighted by Gasteiger charge is 2.33. The Balaban J connectivity index is 1.49. The van der Waals surface area contributed by atoms with E-state index in [9.17, 15) is 13.2 Å². The summed E-state index contributed by atoms with van der Waals surface area (Å²) in [6, 6.07) is 11.9. The van der Waals surface area contributed by atoms with Crippen molar-refractivity contribution in [1.29, 1.82) is 0 Å². The fraction of sp³-hybridized carbons (Fsp3) is 0.360. The predicted octanol–water partition coefficient (Wildman–Crippen LogP) is 4.30. The summed E-state index contributed by atoms with van der Waals surface area (Å²) in [5.74, 6) is 0.403. The summed E-state index contributed by atoms with van der Waals surface area (Å²) < 4.78 is 38.7. The first kappa shape index (κ1) is 25.9. The second-order valence-electron chi connectivity index (χ2n) is 8.30. The van der Waals surface area contributed by atoms with Crippen LogP contribution in [0.15, 0.2) is 52.7 Å². The molecule has 1 aromatic heterocycles. The normalized spacial score (nSPS) is 16.4. The standard InChI is InChI=1S/C25H30N4O5S2/c1-4-34-19-8-10-20(11-9-19)36(31,32)29-13-5-6-18(15-29)24(30)27-21-14-17(7-12-23(21)33-3)22-16-35-25(26-2)28-22/h7-12,14,16,18H,4-6,13,15H2,1-3H3,(H,26,28)(H,27,30)/t18-/m1/s1. The highest BCUT2D eigenvalue weighted by Crippen LogP contribution is 2.33. The maximum atomic E-state index is 13.2. The number of carbonyl (C=O) groups is 1. The van der Waals surface area contributed by atoms with Crippen molar-refractivity contribution in [3.05, 3.63) is 47.8 Å².